The van der Waals surface area contributed by atoms with Gasteiger partial charge in [-0.3, -0.25) is 4.98 Å². The maximum absolute atomic E-state index is 12.4. The van der Waals surface area contributed by atoms with E-state index in [1.807, 2.05) is 63.2 Å². The molecule has 0 radical (unpaired) electrons. The van der Waals surface area contributed by atoms with Crippen molar-refractivity contribution in [1.29, 1.82) is 0 Å². The lowest BCUT2D eigenvalue weighted by Crippen LogP contribution is -2.40. The summed E-state index contributed by atoms with van der Waals surface area (Å²) in [5.74, 6) is 0. The third kappa shape index (κ3) is 3.47. The molecular weight excluding hydrogens is 320 g/mol. The fourth-order valence-corrected chi connectivity index (χ4v) is 4.03. The van der Waals surface area contributed by atoms with E-state index in [-0.39, 0.29) is 4.90 Å². The summed E-state index contributed by atoms with van der Waals surface area (Å²) in [5.41, 5.74) is 2.31. The first-order chi connectivity index (χ1) is 11.3. The number of pyridine rings is 1. The highest BCUT2D eigenvalue weighted by molar-refractivity contribution is 7.89. The molecule has 4 nitrogen and oxygen atoms in total. The van der Waals surface area contributed by atoms with Crippen molar-refractivity contribution in [1.82, 2.24) is 9.71 Å². The largest absolute Gasteiger partial charge is 0.256 e. The van der Waals surface area contributed by atoms with Crippen LogP contribution >= 0.6 is 0 Å². The lowest BCUT2D eigenvalue weighted by atomic mass is 10.0. The van der Waals surface area contributed by atoms with E-state index >= 15 is 0 Å². The van der Waals surface area contributed by atoms with Crippen molar-refractivity contribution >= 4 is 20.9 Å². The van der Waals surface area contributed by atoms with Gasteiger partial charge in [-0.25, -0.2) is 13.1 Å². The average molecular weight is 340 g/mol. The average Bonchev–Trinajstić information content (AvgIpc) is 2.52. The van der Waals surface area contributed by atoms with Crippen LogP contribution in [0.1, 0.15) is 20.8 Å². The second-order valence-electron chi connectivity index (χ2n) is 6.76. The zero-order valence-electron chi connectivity index (χ0n) is 13.9. The topological polar surface area (TPSA) is 59.1 Å². The molecule has 0 atom stereocenters. The molecular formula is C19H20N2O2S. The SMILES string of the molecule is CC(C)(C)NS(=O)(=O)c1ccc(-c2cccc3cccnc23)cc1. The van der Waals surface area contributed by atoms with Gasteiger partial charge < -0.3 is 0 Å². The molecule has 0 saturated heterocycles. The molecule has 3 rings (SSSR count). The van der Waals surface area contributed by atoms with Gasteiger partial charge in [0.05, 0.1) is 10.4 Å². The van der Waals surface area contributed by atoms with E-state index in [0.29, 0.717) is 0 Å². The second kappa shape index (κ2) is 6.00. The van der Waals surface area contributed by atoms with Gasteiger partial charge in [-0.1, -0.05) is 36.4 Å². The van der Waals surface area contributed by atoms with E-state index < -0.39 is 15.6 Å². The fraction of sp³-hybridized carbons (Fsp3) is 0.211. The minimum absolute atomic E-state index is 0.259. The van der Waals surface area contributed by atoms with E-state index in [0.717, 1.165) is 22.0 Å². The lowest BCUT2D eigenvalue weighted by Gasteiger charge is -2.20. The number of nitrogens with one attached hydrogen (secondary N) is 1. The highest BCUT2D eigenvalue weighted by Crippen LogP contribution is 2.28. The quantitative estimate of drug-likeness (QED) is 0.784. The normalized spacial score (nSPS) is 12.5. The molecule has 1 heterocycles. The van der Waals surface area contributed by atoms with E-state index in [2.05, 4.69) is 9.71 Å². The maximum atomic E-state index is 12.4. The van der Waals surface area contributed by atoms with Crippen molar-refractivity contribution in [3.05, 3.63) is 60.8 Å². The van der Waals surface area contributed by atoms with Crippen molar-refractivity contribution in [2.24, 2.45) is 0 Å². The number of para-hydroxylation sites is 1. The Hall–Kier alpha value is -2.24. The number of rotatable bonds is 3. The molecule has 0 amide bonds. The number of aromatic nitrogens is 1. The number of nitrogens with zero attached hydrogens (tertiary/aromatic N) is 1. The van der Waals surface area contributed by atoms with Gasteiger partial charge in [-0.15, -0.1) is 0 Å². The Bertz CT molecular complexity index is 967. The molecule has 0 spiro atoms. The van der Waals surface area contributed by atoms with Crippen LogP contribution in [0.4, 0.5) is 0 Å². The van der Waals surface area contributed by atoms with Crippen molar-refractivity contribution in [2.45, 2.75) is 31.2 Å². The summed E-state index contributed by atoms with van der Waals surface area (Å²) in [6, 6.07) is 16.8. The van der Waals surface area contributed by atoms with Gasteiger partial charge in [0.15, 0.2) is 0 Å². The first-order valence-electron chi connectivity index (χ1n) is 7.74. The molecule has 0 fully saturated rings. The van der Waals surface area contributed by atoms with Gasteiger partial charge in [0.25, 0.3) is 0 Å². The number of hydrogen-bond acceptors (Lipinski definition) is 3. The van der Waals surface area contributed by atoms with Gasteiger partial charge in [0, 0.05) is 22.7 Å². The van der Waals surface area contributed by atoms with Crippen LogP contribution < -0.4 is 4.72 Å². The second-order valence-corrected chi connectivity index (χ2v) is 8.44. The summed E-state index contributed by atoms with van der Waals surface area (Å²) in [7, 11) is -3.53. The number of benzene rings is 2. The molecule has 0 aliphatic carbocycles. The van der Waals surface area contributed by atoms with Gasteiger partial charge in [-0.05, 0) is 44.5 Å². The Balaban J connectivity index is 2.01. The fourth-order valence-electron chi connectivity index (χ4n) is 2.61. The summed E-state index contributed by atoms with van der Waals surface area (Å²) in [5, 5.41) is 1.06. The predicted octanol–water partition coefficient (Wildman–Crippen LogP) is 3.98. The Morgan fingerprint density at radius 2 is 1.58 bits per heavy atom. The molecule has 5 heteroatoms. The van der Waals surface area contributed by atoms with Crippen LogP contribution in [0.25, 0.3) is 22.0 Å². The van der Waals surface area contributed by atoms with Crippen LogP contribution in [0.5, 0.6) is 0 Å². The number of hydrogen-bond donors (Lipinski definition) is 1. The molecule has 124 valence electrons. The zero-order valence-corrected chi connectivity index (χ0v) is 14.8. The third-order valence-electron chi connectivity index (χ3n) is 3.55. The van der Waals surface area contributed by atoms with Gasteiger partial charge in [0.1, 0.15) is 0 Å². The first kappa shape index (κ1) is 16.6. The van der Waals surface area contributed by atoms with Gasteiger partial charge in [-0.2, -0.15) is 0 Å². The molecule has 0 aliphatic heterocycles. The zero-order chi connectivity index (χ0) is 17.4. The molecule has 2 aromatic carbocycles. The first-order valence-corrected chi connectivity index (χ1v) is 9.23. The summed E-state index contributed by atoms with van der Waals surface area (Å²) >= 11 is 0. The maximum Gasteiger partial charge on any atom is 0.241 e. The third-order valence-corrected chi connectivity index (χ3v) is 5.32. The number of fused-ring (bicyclic) bond motifs is 1. The molecule has 0 saturated carbocycles. The molecule has 3 aromatic rings. The Morgan fingerprint density at radius 1 is 0.917 bits per heavy atom. The summed E-state index contributed by atoms with van der Waals surface area (Å²) in [4.78, 5) is 4.71. The van der Waals surface area contributed by atoms with Crippen molar-refractivity contribution in [3.63, 3.8) is 0 Å². The standard InChI is InChI=1S/C19H20N2O2S/c1-19(2,3)21-24(22,23)16-11-9-14(10-12-16)17-8-4-6-15-7-5-13-20-18(15)17/h4-13,21H,1-3H3. The monoisotopic (exact) mass is 340 g/mol. The smallest absolute Gasteiger partial charge is 0.241 e. The van der Waals surface area contributed by atoms with E-state index in [1.54, 1.807) is 18.3 Å². The van der Waals surface area contributed by atoms with Crippen LogP contribution in [0.2, 0.25) is 0 Å². The summed E-state index contributed by atoms with van der Waals surface area (Å²) < 4.78 is 27.4. The lowest BCUT2D eigenvalue weighted by molar-refractivity contribution is 0.491. The highest BCUT2D eigenvalue weighted by atomic mass is 32.2. The Morgan fingerprint density at radius 3 is 2.25 bits per heavy atom. The Labute approximate surface area is 142 Å². The van der Waals surface area contributed by atoms with Crippen LogP contribution in [0.15, 0.2) is 65.7 Å². The van der Waals surface area contributed by atoms with Crippen LogP contribution in [-0.4, -0.2) is 18.9 Å². The molecule has 1 aromatic heterocycles. The minimum Gasteiger partial charge on any atom is -0.256 e. The van der Waals surface area contributed by atoms with E-state index in [9.17, 15) is 8.42 Å². The summed E-state index contributed by atoms with van der Waals surface area (Å²) in [6.45, 7) is 5.46. The molecule has 0 unspecified atom stereocenters. The molecule has 0 bridgehead atoms. The van der Waals surface area contributed by atoms with Crippen molar-refractivity contribution in [2.75, 3.05) is 0 Å². The molecule has 24 heavy (non-hydrogen) atoms. The molecule has 1 N–H and O–H groups in total. The number of sulfonamides is 1. The summed E-state index contributed by atoms with van der Waals surface area (Å²) in [6.07, 6.45) is 1.76. The van der Waals surface area contributed by atoms with Crippen LogP contribution in [0.3, 0.4) is 0 Å². The minimum atomic E-state index is -3.53. The Kier molecular flexibility index (Phi) is 4.15. The van der Waals surface area contributed by atoms with Crippen molar-refractivity contribution < 1.29 is 8.42 Å². The highest BCUT2D eigenvalue weighted by Gasteiger charge is 2.21. The van der Waals surface area contributed by atoms with E-state index in [1.165, 1.54) is 0 Å². The molecule has 0 aliphatic rings. The van der Waals surface area contributed by atoms with E-state index in [4.69, 9.17) is 0 Å². The van der Waals surface area contributed by atoms with Gasteiger partial charge >= 0.3 is 0 Å². The predicted molar refractivity (Wildman–Crippen MR) is 97.3 cm³/mol. The van der Waals surface area contributed by atoms with Gasteiger partial charge in [0.2, 0.25) is 10.0 Å². The van der Waals surface area contributed by atoms with Crippen LogP contribution in [0, 0.1) is 0 Å². The van der Waals surface area contributed by atoms with Crippen LogP contribution in [-0.2, 0) is 10.0 Å². The van der Waals surface area contributed by atoms with Crippen molar-refractivity contribution in [3.8, 4) is 11.1 Å².